The van der Waals surface area contributed by atoms with Gasteiger partial charge in [0.15, 0.2) is 11.6 Å². The number of nitrogens with one attached hydrogen (secondary N) is 3. The van der Waals surface area contributed by atoms with Gasteiger partial charge in [0, 0.05) is 58.2 Å². The van der Waals surface area contributed by atoms with Crippen molar-refractivity contribution < 1.29 is 19.5 Å². The molecule has 7 nitrogen and oxygen atoms in total. The summed E-state index contributed by atoms with van der Waals surface area (Å²) in [6, 6.07) is 26.3. The highest BCUT2D eigenvalue weighted by Gasteiger charge is 2.47. The smallest absolute Gasteiger partial charge is 0.308 e. The number of carboxylic acids is 1. The first-order valence-electron chi connectivity index (χ1n) is 18.0. The van der Waals surface area contributed by atoms with Gasteiger partial charge in [-0.1, -0.05) is 98.9 Å². The zero-order valence-electron chi connectivity index (χ0n) is 29.9. The Bertz CT molecular complexity index is 1610. The maximum atomic E-state index is 12.3. The molecule has 4 N–H and O–H groups in total. The van der Waals surface area contributed by atoms with Crippen LogP contribution in [-0.4, -0.2) is 40.8 Å². The van der Waals surface area contributed by atoms with E-state index < -0.39 is 5.97 Å². The molecule has 0 radical (unpaired) electrons. The number of carboxylic acid groups (broad SMARTS) is 1. The van der Waals surface area contributed by atoms with E-state index in [0.717, 1.165) is 66.7 Å². The van der Waals surface area contributed by atoms with Crippen molar-refractivity contribution in [3.8, 4) is 0 Å². The van der Waals surface area contributed by atoms with Crippen LogP contribution in [0.3, 0.4) is 0 Å². The maximum Gasteiger partial charge on any atom is 0.308 e. The predicted octanol–water partition coefficient (Wildman–Crippen LogP) is 10.5. The molecule has 0 aromatic heterocycles. The largest absolute Gasteiger partial charge is 0.481 e. The number of anilines is 3. The summed E-state index contributed by atoms with van der Waals surface area (Å²) in [5.74, 6) is 0.0684. The van der Waals surface area contributed by atoms with Crippen LogP contribution >= 0.6 is 0 Å². The Morgan fingerprint density at radius 1 is 0.608 bits per heavy atom. The average molecular weight is 696 g/mol. The molecule has 3 aromatic carbocycles. The first-order valence-corrected chi connectivity index (χ1v) is 18.0. The molecule has 2 aliphatic heterocycles. The molecule has 8 rings (SSSR count). The Morgan fingerprint density at radius 2 is 1.02 bits per heavy atom. The third-order valence-corrected chi connectivity index (χ3v) is 11.3. The number of fused-ring (bicyclic) bond motifs is 4. The number of carbonyl (C=O) groups excluding carboxylic acids is 2. The molecular weight excluding hydrogens is 635 g/mol. The Hall–Kier alpha value is -4.13. The van der Waals surface area contributed by atoms with Crippen molar-refractivity contribution in [2.24, 2.45) is 34.0 Å². The second-order valence-corrected chi connectivity index (χ2v) is 17.3. The van der Waals surface area contributed by atoms with Crippen LogP contribution in [0.1, 0.15) is 116 Å². The van der Waals surface area contributed by atoms with Crippen LogP contribution in [-0.2, 0) is 4.79 Å². The molecule has 0 bridgehead atoms. The molecule has 3 saturated carbocycles. The molecule has 7 heteroatoms. The second kappa shape index (κ2) is 15.2. The van der Waals surface area contributed by atoms with Crippen molar-refractivity contribution in [2.75, 3.05) is 16.0 Å². The molecule has 0 spiro atoms. The van der Waals surface area contributed by atoms with E-state index in [0.29, 0.717) is 34.5 Å². The van der Waals surface area contributed by atoms with E-state index in [1.807, 2.05) is 78.9 Å². The maximum absolute atomic E-state index is 12.3. The van der Waals surface area contributed by atoms with Gasteiger partial charge in [0.2, 0.25) is 0 Å². The fourth-order valence-electron chi connectivity index (χ4n) is 9.14. The first kappa shape index (κ1) is 39.7. The van der Waals surface area contributed by atoms with Gasteiger partial charge < -0.3 is 21.1 Å². The van der Waals surface area contributed by atoms with E-state index in [1.165, 1.54) is 0 Å². The lowest BCUT2D eigenvalue weighted by Crippen LogP contribution is -2.35. The van der Waals surface area contributed by atoms with Crippen LogP contribution in [0, 0.1) is 34.0 Å². The summed E-state index contributed by atoms with van der Waals surface area (Å²) >= 11 is 0. The van der Waals surface area contributed by atoms with Crippen molar-refractivity contribution in [2.45, 2.75) is 113 Å². The molecule has 2 heterocycles. The van der Waals surface area contributed by atoms with E-state index in [1.54, 1.807) is 0 Å². The van der Waals surface area contributed by atoms with E-state index >= 15 is 0 Å². The van der Waals surface area contributed by atoms with Crippen LogP contribution < -0.4 is 16.0 Å². The number of Topliss-reactive ketones (excluding diaryl/α,β-unsaturated/α-hetero) is 2. The van der Waals surface area contributed by atoms with Gasteiger partial charge >= 0.3 is 5.97 Å². The number of aliphatic carboxylic acids is 1. The van der Waals surface area contributed by atoms with E-state index in [9.17, 15) is 19.5 Å². The highest BCUT2D eigenvalue weighted by atomic mass is 16.4. The van der Waals surface area contributed by atoms with Crippen molar-refractivity contribution in [3.05, 3.63) is 90.0 Å². The number of ketones is 2. The zero-order chi connectivity index (χ0) is 35.1. The van der Waals surface area contributed by atoms with Gasteiger partial charge in [0.05, 0.1) is 5.92 Å². The van der Waals surface area contributed by atoms with Gasteiger partial charge in [0.25, 0.3) is 0 Å². The molecule has 5 aliphatic rings. The molecule has 3 fully saturated rings. The Labute approximate surface area is 306 Å². The highest BCUT2D eigenvalue weighted by Crippen LogP contribution is 2.48. The van der Waals surface area contributed by atoms with Crippen LogP contribution in [0.5, 0.6) is 0 Å². The fraction of sp³-hybridized carbons (Fsp3) is 0.523. The molecule has 51 heavy (non-hydrogen) atoms. The Kier molecular flexibility index (Phi) is 11.8. The van der Waals surface area contributed by atoms with Crippen LogP contribution in [0.15, 0.2) is 78.9 Å². The highest BCUT2D eigenvalue weighted by molar-refractivity contribution is 6.06. The molecule has 0 amide bonds. The number of carbonyl (C=O) groups is 3. The standard InChI is InChI=1S/C14H19NO2.2C14H17NO.2CH4/c1-14(2)8-11(13(16)17)12(9-14)15-10-6-4-3-5-7-10;2*1-14(2)7-10-12(8-14)15-11-6-4-3-5-9(11)13(10)16;;/h3-7,11-12,15H,8-9H2,1-2H3,(H,16,17);2*3-6,10,12,15H,7-8H2,1-2H3;2*1H4. The third kappa shape index (κ3) is 8.85. The van der Waals surface area contributed by atoms with Crippen LogP contribution in [0.4, 0.5) is 17.1 Å². The Morgan fingerprint density at radius 3 is 1.47 bits per heavy atom. The molecule has 0 saturated heterocycles. The quantitative estimate of drug-likeness (QED) is 0.216. The summed E-state index contributed by atoms with van der Waals surface area (Å²) in [4.78, 5) is 35.9. The zero-order valence-corrected chi connectivity index (χ0v) is 29.9. The lowest BCUT2D eigenvalue weighted by molar-refractivity contribution is -0.141. The predicted molar refractivity (Wildman–Crippen MR) is 211 cm³/mol. The minimum atomic E-state index is -0.691. The summed E-state index contributed by atoms with van der Waals surface area (Å²) in [7, 11) is 0. The number of para-hydroxylation sites is 3. The normalized spacial score (nSPS) is 28.0. The monoisotopic (exact) mass is 695 g/mol. The number of benzene rings is 3. The Balaban J connectivity index is 0.000000168. The van der Waals surface area contributed by atoms with Crippen LogP contribution in [0.2, 0.25) is 0 Å². The number of hydrogen-bond acceptors (Lipinski definition) is 6. The van der Waals surface area contributed by atoms with Gasteiger partial charge in [0.1, 0.15) is 0 Å². The minimum Gasteiger partial charge on any atom is -0.481 e. The van der Waals surface area contributed by atoms with Crippen molar-refractivity contribution in [1.29, 1.82) is 0 Å². The number of hydrogen-bond donors (Lipinski definition) is 4. The third-order valence-electron chi connectivity index (χ3n) is 11.3. The molecule has 276 valence electrons. The van der Waals surface area contributed by atoms with Crippen molar-refractivity contribution in [3.63, 3.8) is 0 Å². The van der Waals surface area contributed by atoms with Crippen molar-refractivity contribution >= 4 is 34.6 Å². The summed E-state index contributed by atoms with van der Waals surface area (Å²) in [5.41, 5.74) is 5.48. The second-order valence-electron chi connectivity index (χ2n) is 17.3. The van der Waals surface area contributed by atoms with Gasteiger partial charge in [-0.25, -0.2) is 0 Å². The topological polar surface area (TPSA) is 108 Å². The van der Waals surface area contributed by atoms with Gasteiger partial charge in [-0.05, 0) is 91.2 Å². The minimum absolute atomic E-state index is 0. The average Bonchev–Trinajstić information content (AvgIpc) is 3.65. The van der Waals surface area contributed by atoms with E-state index in [4.69, 9.17) is 0 Å². The van der Waals surface area contributed by atoms with Gasteiger partial charge in [-0.2, -0.15) is 0 Å². The van der Waals surface area contributed by atoms with E-state index in [-0.39, 0.29) is 44.1 Å². The van der Waals surface area contributed by atoms with E-state index in [2.05, 4.69) is 57.5 Å². The summed E-state index contributed by atoms with van der Waals surface area (Å²) in [5, 5.41) is 19.6. The summed E-state index contributed by atoms with van der Waals surface area (Å²) in [6.07, 6.45) is 5.86. The number of rotatable bonds is 3. The summed E-state index contributed by atoms with van der Waals surface area (Å²) in [6.45, 7) is 13.3. The van der Waals surface area contributed by atoms with Gasteiger partial charge in [-0.3, -0.25) is 14.4 Å². The van der Waals surface area contributed by atoms with Gasteiger partial charge in [-0.15, -0.1) is 0 Å². The lowest BCUT2D eigenvalue weighted by atomic mass is 9.86. The van der Waals surface area contributed by atoms with Crippen LogP contribution in [0.25, 0.3) is 0 Å². The fourth-order valence-corrected chi connectivity index (χ4v) is 9.14. The first-order chi connectivity index (χ1) is 23.1. The molecule has 3 aliphatic carbocycles. The molecular formula is C44H61N3O4. The SMILES string of the molecule is C.C.CC1(C)CC(Nc2ccccc2)C(C(=O)O)C1.CC1(C)CC2Nc3ccccc3C(=O)C2C1.CC1(C)CC2Nc3ccccc3C(=O)C2C1. The van der Waals surface area contributed by atoms with Crippen molar-refractivity contribution in [1.82, 2.24) is 0 Å². The summed E-state index contributed by atoms with van der Waals surface area (Å²) < 4.78 is 0. The lowest BCUT2D eigenvalue weighted by Gasteiger charge is -2.28. The molecule has 3 aromatic rings. The molecule has 6 unspecified atom stereocenters. The molecule has 6 atom stereocenters.